The van der Waals surface area contributed by atoms with Crippen LogP contribution in [-0.4, -0.2) is 20.9 Å². The molecule has 0 spiro atoms. The summed E-state index contributed by atoms with van der Waals surface area (Å²) in [5, 5.41) is 10.9. The van der Waals surface area contributed by atoms with E-state index in [1.165, 1.54) is 24.3 Å². The number of hydrogen-bond acceptors (Lipinski definition) is 5. The topological polar surface area (TPSA) is 86.5 Å². The molecule has 2 aromatic rings. The van der Waals surface area contributed by atoms with Gasteiger partial charge in [0, 0.05) is 6.07 Å². The fourth-order valence-corrected chi connectivity index (χ4v) is 2.82. The highest BCUT2D eigenvalue weighted by Crippen LogP contribution is 2.21. The number of rotatable bonds is 6. The van der Waals surface area contributed by atoms with Crippen molar-refractivity contribution in [1.29, 1.82) is 0 Å². The zero-order valence-electron chi connectivity index (χ0n) is 11.5. The molecule has 2 rings (SSSR count). The maximum absolute atomic E-state index is 12.1. The third-order valence-corrected chi connectivity index (χ3v) is 4.13. The molecule has 0 aromatic heterocycles. The minimum absolute atomic E-state index is 0.0177. The standard InChI is InChI=1S/C15H13NO5S/c17-15(21-10-12-6-2-1-3-7-12)11-22(20)14-9-5-4-8-13(14)16(18)19/h1-9H,10-11H2/t22-/m1/s1. The van der Waals surface area contributed by atoms with Gasteiger partial charge in [0.2, 0.25) is 0 Å². The van der Waals surface area contributed by atoms with Crippen LogP contribution in [0, 0.1) is 10.1 Å². The van der Waals surface area contributed by atoms with E-state index in [2.05, 4.69) is 0 Å². The molecule has 0 radical (unpaired) electrons. The van der Waals surface area contributed by atoms with E-state index in [1.807, 2.05) is 18.2 Å². The molecule has 0 aliphatic heterocycles. The van der Waals surface area contributed by atoms with Crippen LogP contribution in [0.5, 0.6) is 0 Å². The summed E-state index contributed by atoms with van der Waals surface area (Å²) in [5.41, 5.74) is 0.545. The smallest absolute Gasteiger partial charge is 0.319 e. The molecule has 0 saturated carbocycles. The number of esters is 1. The highest BCUT2D eigenvalue weighted by molar-refractivity contribution is 7.85. The van der Waals surface area contributed by atoms with Gasteiger partial charge in [-0.05, 0) is 11.6 Å². The SMILES string of the molecule is O=C(C[S@@](=O)c1ccccc1[N+](=O)[O-])OCc1ccccc1. The van der Waals surface area contributed by atoms with Crippen molar-refractivity contribution in [2.75, 3.05) is 5.75 Å². The second-order valence-corrected chi connectivity index (χ2v) is 5.78. The number of carbonyl (C=O) groups excluding carboxylic acids is 1. The maximum Gasteiger partial charge on any atom is 0.319 e. The summed E-state index contributed by atoms with van der Waals surface area (Å²) in [6, 6.07) is 14.7. The van der Waals surface area contributed by atoms with E-state index in [4.69, 9.17) is 4.74 Å². The lowest BCUT2D eigenvalue weighted by atomic mass is 10.2. The molecule has 0 heterocycles. The molecule has 0 saturated heterocycles. The molecule has 22 heavy (non-hydrogen) atoms. The van der Waals surface area contributed by atoms with Gasteiger partial charge < -0.3 is 4.74 Å². The number of hydrogen-bond donors (Lipinski definition) is 0. The Morgan fingerprint density at radius 1 is 1.09 bits per heavy atom. The van der Waals surface area contributed by atoms with Crippen LogP contribution in [0.25, 0.3) is 0 Å². The largest absolute Gasteiger partial charge is 0.460 e. The number of para-hydroxylation sites is 1. The van der Waals surface area contributed by atoms with Crippen molar-refractivity contribution < 1.29 is 18.7 Å². The minimum Gasteiger partial charge on any atom is -0.460 e. The van der Waals surface area contributed by atoms with E-state index < -0.39 is 27.4 Å². The Labute approximate surface area is 129 Å². The Bertz CT molecular complexity index is 702. The lowest BCUT2D eigenvalue weighted by molar-refractivity contribution is -0.387. The zero-order valence-corrected chi connectivity index (χ0v) is 12.3. The number of ether oxygens (including phenoxy) is 1. The normalized spacial score (nSPS) is 11.6. The van der Waals surface area contributed by atoms with Gasteiger partial charge in [-0.2, -0.15) is 0 Å². The van der Waals surface area contributed by atoms with Crippen LogP contribution in [0.4, 0.5) is 5.69 Å². The summed E-state index contributed by atoms with van der Waals surface area (Å²) < 4.78 is 17.1. The molecule has 114 valence electrons. The average Bonchev–Trinajstić information content (AvgIpc) is 2.54. The predicted molar refractivity (Wildman–Crippen MR) is 80.6 cm³/mol. The molecular formula is C15H13NO5S. The van der Waals surface area contributed by atoms with Crippen LogP contribution in [-0.2, 0) is 26.9 Å². The van der Waals surface area contributed by atoms with Crippen LogP contribution in [0.3, 0.4) is 0 Å². The van der Waals surface area contributed by atoms with Crippen molar-refractivity contribution in [1.82, 2.24) is 0 Å². The van der Waals surface area contributed by atoms with Crippen LogP contribution in [0.15, 0.2) is 59.5 Å². The minimum atomic E-state index is -1.82. The van der Waals surface area contributed by atoms with Crippen molar-refractivity contribution in [3.05, 3.63) is 70.3 Å². The summed E-state index contributed by atoms with van der Waals surface area (Å²) >= 11 is 0. The molecule has 0 bridgehead atoms. The van der Waals surface area contributed by atoms with Gasteiger partial charge in [-0.25, -0.2) is 0 Å². The molecule has 0 amide bonds. The number of nitro groups is 1. The van der Waals surface area contributed by atoms with Gasteiger partial charge in [-0.3, -0.25) is 19.1 Å². The van der Waals surface area contributed by atoms with Gasteiger partial charge in [0.05, 0.1) is 15.7 Å². The molecule has 7 heteroatoms. The van der Waals surface area contributed by atoms with Gasteiger partial charge in [-0.15, -0.1) is 0 Å². The molecule has 0 aliphatic carbocycles. The molecule has 0 aliphatic rings. The maximum atomic E-state index is 12.1. The van der Waals surface area contributed by atoms with Crippen LogP contribution in [0.2, 0.25) is 0 Å². The number of nitrogens with zero attached hydrogens (tertiary/aromatic N) is 1. The number of carbonyl (C=O) groups is 1. The fourth-order valence-electron chi connectivity index (χ4n) is 1.77. The second kappa shape index (κ2) is 7.46. The van der Waals surface area contributed by atoms with E-state index in [9.17, 15) is 19.1 Å². The summed E-state index contributed by atoms with van der Waals surface area (Å²) in [4.78, 5) is 22.0. The Hall–Kier alpha value is -2.54. The average molecular weight is 319 g/mol. The second-order valence-electron chi connectivity index (χ2n) is 4.36. The fraction of sp³-hybridized carbons (Fsp3) is 0.133. The van der Waals surface area contributed by atoms with Crippen molar-refractivity contribution in [3.63, 3.8) is 0 Å². The van der Waals surface area contributed by atoms with Crippen molar-refractivity contribution in [2.45, 2.75) is 11.5 Å². The Balaban J connectivity index is 1.97. The lowest BCUT2D eigenvalue weighted by Gasteiger charge is -2.05. The van der Waals surface area contributed by atoms with Crippen LogP contribution < -0.4 is 0 Å². The van der Waals surface area contributed by atoms with Crippen LogP contribution >= 0.6 is 0 Å². The van der Waals surface area contributed by atoms with Gasteiger partial charge >= 0.3 is 5.97 Å². The Morgan fingerprint density at radius 3 is 2.41 bits per heavy atom. The van der Waals surface area contributed by atoms with Gasteiger partial charge in [0.1, 0.15) is 17.3 Å². The molecule has 0 fully saturated rings. The monoisotopic (exact) mass is 319 g/mol. The lowest BCUT2D eigenvalue weighted by Crippen LogP contribution is -2.15. The highest BCUT2D eigenvalue weighted by Gasteiger charge is 2.20. The summed E-state index contributed by atoms with van der Waals surface area (Å²) in [7, 11) is -1.82. The zero-order chi connectivity index (χ0) is 15.9. The Kier molecular flexibility index (Phi) is 5.37. The third-order valence-electron chi connectivity index (χ3n) is 2.80. The van der Waals surface area contributed by atoms with E-state index in [-0.39, 0.29) is 17.2 Å². The van der Waals surface area contributed by atoms with E-state index in [0.717, 1.165) is 5.56 Å². The predicted octanol–water partition coefficient (Wildman–Crippen LogP) is 2.45. The molecule has 6 nitrogen and oxygen atoms in total. The van der Waals surface area contributed by atoms with Crippen molar-refractivity contribution >= 4 is 22.5 Å². The first kappa shape index (κ1) is 15.8. The van der Waals surface area contributed by atoms with Gasteiger partial charge in [-0.1, -0.05) is 42.5 Å². The van der Waals surface area contributed by atoms with E-state index in [1.54, 1.807) is 12.1 Å². The first-order valence-electron chi connectivity index (χ1n) is 6.39. The molecule has 2 aromatic carbocycles. The number of nitro benzene ring substituents is 1. The molecular weight excluding hydrogens is 306 g/mol. The first-order valence-corrected chi connectivity index (χ1v) is 7.71. The van der Waals surface area contributed by atoms with Gasteiger partial charge in [0.15, 0.2) is 0 Å². The van der Waals surface area contributed by atoms with Crippen molar-refractivity contribution in [3.8, 4) is 0 Å². The van der Waals surface area contributed by atoms with Crippen molar-refractivity contribution in [2.24, 2.45) is 0 Å². The molecule has 0 N–H and O–H groups in total. The highest BCUT2D eigenvalue weighted by atomic mass is 32.2. The molecule has 1 atom stereocenters. The van der Waals surface area contributed by atoms with Crippen LogP contribution in [0.1, 0.15) is 5.56 Å². The number of benzene rings is 2. The van der Waals surface area contributed by atoms with Gasteiger partial charge in [0.25, 0.3) is 5.69 Å². The third kappa shape index (κ3) is 4.23. The molecule has 0 unspecified atom stereocenters. The summed E-state index contributed by atoms with van der Waals surface area (Å²) in [6.45, 7) is 0.0771. The summed E-state index contributed by atoms with van der Waals surface area (Å²) in [5.74, 6) is -1.09. The summed E-state index contributed by atoms with van der Waals surface area (Å²) in [6.07, 6.45) is 0. The quantitative estimate of drug-likeness (QED) is 0.464. The Morgan fingerprint density at radius 2 is 1.73 bits per heavy atom. The van der Waals surface area contributed by atoms with E-state index in [0.29, 0.717) is 0 Å². The first-order chi connectivity index (χ1) is 10.6. The van der Waals surface area contributed by atoms with E-state index >= 15 is 0 Å².